The van der Waals surface area contributed by atoms with Crippen LogP contribution in [0.15, 0.2) is 16.3 Å². The van der Waals surface area contributed by atoms with E-state index in [0.29, 0.717) is 16.2 Å². The van der Waals surface area contributed by atoms with Gasteiger partial charge in [-0.25, -0.2) is 21.9 Å². The highest BCUT2D eigenvalue weighted by Gasteiger charge is 2.41. The van der Waals surface area contributed by atoms with Crippen molar-refractivity contribution in [3.05, 3.63) is 17.0 Å². The Morgan fingerprint density at radius 2 is 2.00 bits per heavy atom. The number of alkyl halides is 4. The first-order valence-corrected chi connectivity index (χ1v) is 6.84. The first-order valence-electron chi connectivity index (χ1n) is 4.54. The van der Waals surface area contributed by atoms with Gasteiger partial charge in [0.05, 0.1) is 13.2 Å². The molecule has 0 spiro atoms. The van der Waals surface area contributed by atoms with Gasteiger partial charge in [-0.3, -0.25) is 0 Å². The largest absolute Gasteiger partial charge is 0.391 e. The van der Waals surface area contributed by atoms with Crippen LogP contribution in [0.5, 0.6) is 0 Å². The summed E-state index contributed by atoms with van der Waals surface area (Å²) in [5.41, 5.74) is 0. The summed E-state index contributed by atoms with van der Waals surface area (Å²) >= 11 is 0.666. The van der Waals surface area contributed by atoms with Crippen LogP contribution in [0, 0.1) is 0 Å². The van der Waals surface area contributed by atoms with Crippen molar-refractivity contribution in [2.24, 2.45) is 0 Å². The molecule has 0 atom stereocenters. The van der Waals surface area contributed by atoms with Gasteiger partial charge in [0.2, 0.25) is 10.0 Å². The van der Waals surface area contributed by atoms with Gasteiger partial charge in [-0.2, -0.15) is 8.78 Å². The lowest BCUT2D eigenvalue weighted by Crippen LogP contribution is -2.41. The summed E-state index contributed by atoms with van der Waals surface area (Å²) in [6.45, 7) is -2.08. The Morgan fingerprint density at radius 3 is 2.44 bits per heavy atom. The van der Waals surface area contributed by atoms with Crippen molar-refractivity contribution in [3.63, 3.8) is 0 Å². The second-order valence-corrected chi connectivity index (χ2v) is 6.43. The molecular weight excluding hydrogens is 298 g/mol. The molecule has 104 valence electrons. The maximum Gasteiger partial charge on any atom is 0.320 e. The average molecular weight is 307 g/mol. The van der Waals surface area contributed by atoms with Crippen LogP contribution in [0.2, 0.25) is 0 Å². The standard InChI is InChI=1S/C8H9F4NO3S2/c9-7(10)8(11,12)4-13-18(15,16)6-2-1-5(3-14)17-6/h1-2,7,13-14H,3-4H2. The van der Waals surface area contributed by atoms with Gasteiger partial charge in [0, 0.05) is 4.88 Å². The van der Waals surface area contributed by atoms with E-state index in [2.05, 4.69) is 0 Å². The summed E-state index contributed by atoms with van der Waals surface area (Å²) in [6.07, 6.45) is -3.95. The van der Waals surface area contributed by atoms with Crippen molar-refractivity contribution < 1.29 is 31.1 Å². The first kappa shape index (κ1) is 15.3. The Hall–Kier alpha value is -0.710. The Balaban J connectivity index is 2.77. The zero-order chi connectivity index (χ0) is 14.0. The number of halogens is 4. The molecule has 0 aliphatic heterocycles. The quantitative estimate of drug-likeness (QED) is 0.781. The second kappa shape index (κ2) is 5.51. The number of thiophene rings is 1. The van der Waals surface area contributed by atoms with Crippen LogP contribution in [-0.2, 0) is 16.6 Å². The first-order chi connectivity index (χ1) is 8.19. The molecule has 1 aromatic heterocycles. The van der Waals surface area contributed by atoms with E-state index in [0.717, 1.165) is 6.07 Å². The Kier molecular flexibility index (Phi) is 4.70. The highest BCUT2D eigenvalue weighted by molar-refractivity contribution is 7.91. The molecular formula is C8H9F4NO3S2. The SMILES string of the molecule is O=S(=O)(NCC(F)(F)C(F)F)c1ccc(CO)s1. The van der Waals surface area contributed by atoms with E-state index < -0.39 is 35.5 Å². The Labute approximate surface area is 104 Å². The molecule has 2 N–H and O–H groups in total. The van der Waals surface area contributed by atoms with E-state index in [9.17, 15) is 26.0 Å². The number of rotatable bonds is 6. The highest BCUT2D eigenvalue weighted by Crippen LogP contribution is 2.24. The van der Waals surface area contributed by atoms with Crippen molar-refractivity contribution in [2.45, 2.75) is 23.2 Å². The topological polar surface area (TPSA) is 66.4 Å². The zero-order valence-corrected chi connectivity index (χ0v) is 10.4. The molecule has 0 aliphatic carbocycles. The third kappa shape index (κ3) is 3.64. The molecule has 0 aliphatic rings. The van der Waals surface area contributed by atoms with Crippen LogP contribution < -0.4 is 4.72 Å². The maximum atomic E-state index is 12.6. The summed E-state index contributed by atoms with van der Waals surface area (Å²) in [5.74, 6) is -4.43. The van der Waals surface area contributed by atoms with E-state index in [1.807, 2.05) is 0 Å². The molecule has 0 saturated heterocycles. The van der Waals surface area contributed by atoms with Crippen LogP contribution in [0.1, 0.15) is 4.88 Å². The number of sulfonamides is 1. The maximum absolute atomic E-state index is 12.6. The molecule has 4 nitrogen and oxygen atoms in total. The normalized spacial score (nSPS) is 13.2. The smallest absolute Gasteiger partial charge is 0.320 e. The van der Waals surface area contributed by atoms with Crippen molar-refractivity contribution in [1.82, 2.24) is 4.72 Å². The lowest BCUT2D eigenvalue weighted by atomic mass is 10.4. The van der Waals surface area contributed by atoms with E-state index in [4.69, 9.17) is 5.11 Å². The molecule has 0 aromatic carbocycles. The van der Waals surface area contributed by atoms with Gasteiger partial charge in [0.25, 0.3) is 0 Å². The highest BCUT2D eigenvalue weighted by atomic mass is 32.2. The Morgan fingerprint density at radius 1 is 1.39 bits per heavy atom. The molecule has 1 heterocycles. The molecule has 0 bridgehead atoms. The number of nitrogens with one attached hydrogen (secondary N) is 1. The lowest BCUT2D eigenvalue weighted by Gasteiger charge is -2.15. The van der Waals surface area contributed by atoms with Gasteiger partial charge in [-0.15, -0.1) is 11.3 Å². The molecule has 10 heteroatoms. The molecule has 0 radical (unpaired) electrons. The molecule has 0 saturated carbocycles. The fourth-order valence-corrected chi connectivity index (χ4v) is 3.23. The van der Waals surface area contributed by atoms with E-state index in [1.165, 1.54) is 10.8 Å². The predicted octanol–water partition coefficient (Wildman–Crippen LogP) is 1.42. The third-order valence-corrected chi connectivity index (χ3v) is 4.84. The predicted molar refractivity (Wildman–Crippen MR) is 56.4 cm³/mol. The van der Waals surface area contributed by atoms with Crippen LogP contribution in [0.25, 0.3) is 0 Å². The molecule has 0 amide bonds. The van der Waals surface area contributed by atoms with Crippen LogP contribution in [-0.4, -0.2) is 32.4 Å². The average Bonchev–Trinajstić information content (AvgIpc) is 2.75. The van der Waals surface area contributed by atoms with Crippen LogP contribution >= 0.6 is 11.3 Å². The van der Waals surface area contributed by atoms with Gasteiger partial charge < -0.3 is 5.11 Å². The summed E-state index contributed by atoms with van der Waals surface area (Å²) < 4.78 is 72.8. The molecule has 1 rings (SSSR count). The Bertz CT molecular complexity index is 500. The van der Waals surface area contributed by atoms with Crippen molar-refractivity contribution in [1.29, 1.82) is 0 Å². The summed E-state index contributed by atoms with van der Waals surface area (Å²) in [4.78, 5) is 0.316. The monoisotopic (exact) mass is 307 g/mol. The summed E-state index contributed by atoms with van der Waals surface area (Å²) in [5, 5.41) is 8.72. The lowest BCUT2D eigenvalue weighted by molar-refractivity contribution is -0.122. The minimum absolute atomic E-state index is 0.316. The number of aliphatic hydroxyl groups excluding tert-OH is 1. The van der Waals surface area contributed by atoms with E-state index in [-0.39, 0.29) is 4.21 Å². The minimum Gasteiger partial charge on any atom is -0.391 e. The fourth-order valence-electron chi connectivity index (χ4n) is 0.927. The fraction of sp³-hybridized carbons (Fsp3) is 0.500. The molecule has 1 aromatic rings. The number of hydrogen-bond donors (Lipinski definition) is 2. The minimum atomic E-state index is -4.43. The molecule has 0 unspecified atom stereocenters. The van der Waals surface area contributed by atoms with Gasteiger partial charge in [0.1, 0.15) is 4.21 Å². The van der Waals surface area contributed by atoms with Gasteiger partial charge in [-0.05, 0) is 12.1 Å². The number of aliphatic hydroxyl groups is 1. The number of hydrogen-bond acceptors (Lipinski definition) is 4. The zero-order valence-electron chi connectivity index (χ0n) is 8.74. The molecule has 18 heavy (non-hydrogen) atoms. The van der Waals surface area contributed by atoms with Crippen molar-refractivity contribution >= 4 is 21.4 Å². The summed E-state index contributed by atoms with van der Waals surface area (Å²) in [6, 6.07) is 2.39. The third-order valence-electron chi connectivity index (χ3n) is 1.87. The van der Waals surface area contributed by atoms with Gasteiger partial charge in [-0.1, -0.05) is 0 Å². The molecule has 0 fully saturated rings. The second-order valence-electron chi connectivity index (χ2n) is 3.27. The van der Waals surface area contributed by atoms with Crippen LogP contribution in [0.3, 0.4) is 0 Å². The van der Waals surface area contributed by atoms with Crippen molar-refractivity contribution in [3.8, 4) is 0 Å². The van der Waals surface area contributed by atoms with E-state index in [1.54, 1.807) is 0 Å². The van der Waals surface area contributed by atoms with Crippen LogP contribution in [0.4, 0.5) is 17.6 Å². The van der Waals surface area contributed by atoms with Gasteiger partial charge in [0.15, 0.2) is 0 Å². The summed E-state index contributed by atoms with van der Waals surface area (Å²) in [7, 11) is -4.27. The van der Waals surface area contributed by atoms with Gasteiger partial charge >= 0.3 is 12.3 Å². The van der Waals surface area contributed by atoms with Crippen molar-refractivity contribution in [2.75, 3.05) is 6.54 Å². The van der Waals surface area contributed by atoms with E-state index >= 15 is 0 Å².